The fourth-order valence-electron chi connectivity index (χ4n) is 2.69. The zero-order valence-corrected chi connectivity index (χ0v) is 19.8. The molecule has 0 spiro atoms. The summed E-state index contributed by atoms with van der Waals surface area (Å²) in [5, 5.41) is 3.18. The van der Waals surface area contributed by atoms with Crippen LogP contribution in [0.5, 0.6) is 0 Å². The van der Waals surface area contributed by atoms with Crippen molar-refractivity contribution in [3.05, 3.63) is 11.8 Å². The quantitative estimate of drug-likeness (QED) is 0.121. The van der Waals surface area contributed by atoms with Gasteiger partial charge in [-0.1, -0.05) is 28.5 Å². The second-order valence-corrected chi connectivity index (χ2v) is 9.49. The summed E-state index contributed by atoms with van der Waals surface area (Å²) in [6, 6.07) is -0.540. The zero-order valence-electron chi connectivity index (χ0n) is 18.2. The third-order valence-corrected chi connectivity index (χ3v) is 6.35. The second kappa shape index (κ2) is 13.8. The van der Waals surface area contributed by atoms with Gasteiger partial charge < -0.3 is 23.7 Å². The minimum atomic E-state index is -0.963. The van der Waals surface area contributed by atoms with Gasteiger partial charge in [0.1, 0.15) is 24.9 Å². The highest BCUT2D eigenvalue weighted by Crippen LogP contribution is 2.37. The molecule has 0 bridgehead atoms. The molecule has 11 heteroatoms. The first-order valence-corrected chi connectivity index (χ1v) is 11.9. The van der Waals surface area contributed by atoms with Crippen molar-refractivity contribution in [1.82, 2.24) is 5.32 Å². The molecule has 1 rings (SSSR count). The van der Waals surface area contributed by atoms with E-state index in [0.29, 0.717) is 0 Å². The Labute approximate surface area is 185 Å². The van der Waals surface area contributed by atoms with Gasteiger partial charge in [0.05, 0.1) is 12.3 Å². The second-order valence-electron chi connectivity index (χ2n) is 6.73. The van der Waals surface area contributed by atoms with Gasteiger partial charge in [-0.25, -0.2) is 0 Å². The van der Waals surface area contributed by atoms with Gasteiger partial charge in [-0.05, 0) is 19.4 Å². The molecule has 1 saturated heterocycles. The minimum Gasteiger partial charge on any atom is -0.486 e. The molecule has 5 atom stereocenters. The third kappa shape index (κ3) is 9.59. The highest BCUT2D eigenvalue weighted by molar-refractivity contribution is 8.76. The summed E-state index contributed by atoms with van der Waals surface area (Å²) >= 11 is 0. The maximum Gasteiger partial charge on any atom is 0.303 e. The lowest BCUT2D eigenvalue weighted by atomic mass is 9.97. The largest absolute Gasteiger partial charge is 0.486 e. The van der Waals surface area contributed by atoms with E-state index in [1.54, 1.807) is 17.1 Å². The van der Waals surface area contributed by atoms with Crippen LogP contribution in [0.15, 0.2) is 11.8 Å². The summed E-state index contributed by atoms with van der Waals surface area (Å²) < 4.78 is 27.7. The van der Waals surface area contributed by atoms with Crippen molar-refractivity contribution in [2.75, 3.05) is 19.1 Å². The lowest BCUT2D eigenvalue weighted by Gasteiger charge is -2.45. The van der Waals surface area contributed by atoms with Crippen LogP contribution in [0.4, 0.5) is 0 Å². The number of nitrogens with one attached hydrogen (secondary N) is 1. The van der Waals surface area contributed by atoms with E-state index in [1.165, 1.54) is 31.6 Å². The molecule has 0 aromatic heterocycles. The molecule has 1 fully saturated rings. The fourth-order valence-corrected chi connectivity index (χ4v) is 4.82. The van der Waals surface area contributed by atoms with Crippen LogP contribution in [-0.4, -0.2) is 66.8 Å². The van der Waals surface area contributed by atoms with E-state index < -0.39 is 47.7 Å². The summed E-state index contributed by atoms with van der Waals surface area (Å²) in [5.41, 5.74) is 0.502. The SMILES string of the molecule is CCSSC1OC(COC(C)=O)C(OC(C)=O)C(OC(C)=O)C1NCOC=C(C)C. The van der Waals surface area contributed by atoms with Crippen molar-refractivity contribution in [3.63, 3.8) is 0 Å². The predicted octanol–water partition coefficient (Wildman–Crippen LogP) is 2.40. The van der Waals surface area contributed by atoms with Crippen molar-refractivity contribution < 1.29 is 38.1 Å². The van der Waals surface area contributed by atoms with Crippen molar-refractivity contribution in [2.24, 2.45) is 0 Å². The highest BCUT2D eigenvalue weighted by Gasteiger charge is 2.50. The van der Waals surface area contributed by atoms with Crippen LogP contribution < -0.4 is 5.32 Å². The molecule has 5 unspecified atom stereocenters. The van der Waals surface area contributed by atoms with Crippen molar-refractivity contribution in [1.29, 1.82) is 0 Å². The number of hydrogen-bond donors (Lipinski definition) is 1. The Morgan fingerprint density at radius 2 is 1.63 bits per heavy atom. The number of hydrogen-bond acceptors (Lipinski definition) is 11. The first kappa shape index (κ1) is 26.6. The van der Waals surface area contributed by atoms with E-state index in [1.807, 2.05) is 20.8 Å². The summed E-state index contributed by atoms with van der Waals surface area (Å²) in [6.07, 6.45) is -1.02. The Morgan fingerprint density at radius 3 is 2.17 bits per heavy atom. The van der Waals surface area contributed by atoms with Gasteiger partial charge in [-0.2, -0.15) is 0 Å². The number of allylic oxidation sites excluding steroid dienone is 1. The van der Waals surface area contributed by atoms with Crippen LogP contribution in [0, 0.1) is 0 Å². The van der Waals surface area contributed by atoms with E-state index >= 15 is 0 Å². The van der Waals surface area contributed by atoms with E-state index in [4.69, 9.17) is 23.7 Å². The smallest absolute Gasteiger partial charge is 0.303 e. The predicted molar refractivity (Wildman–Crippen MR) is 114 cm³/mol. The first-order chi connectivity index (χ1) is 14.1. The standard InChI is InChI=1S/C19H31NO8S2/c1-7-29-30-19-16(20-10-24-8-11(2)3)18(27-14(6)23)17(26-13(5)22)15(28-19)9-25-12(4)21/h8,15-20H,7,9-10H2,1-6H3. The zero-order chi connectivity index (χ0) is 22.7. The number of carbonyl (C=O) groups is 3. The molecule has 1 aliphatic rings. The molecule has 0 aliphatic carbocycles. The third-order valence-electron chi connectivity index (χ3n) is 3.70. The van der Waals surface area contributed by atoms with Crippen LogP contribution in [0.2, 0.25) is 0 Å². The molecule has 1 N–H and O–H groups in total. The first-order valence-electron chi connectivity index (χ1n) is 9.55. The number of rotatable bonds is 11. The maximum atomic E-state index is 11.8. The summed E-state index contributed by atoms with van der Waals surface area (Å²) in [7, 11) is 3.02. The topological polar surface area (TPSA) is 109 Å². The highest BCUT2D eigenvalue weighted by atomic mass is 33.1. The molecule has 0 amide bonds. The summed E-state index contributed by atoms with van der Waals surface area (Å²) in [6.45, 7) is 9.60. The van der Waals surface area contributed by atoms with Gasteiger partial charge in [0.25, 0.3) is 0 Å². The fraction of sp³-hybridized carbons (Fsp3) is 0.737. The normalized spacial score (nSPS) is 25.7. The lowest BCUT2D eigenvalue weighted by molar-refractivity contribution is -0.212. The van der Waals surface area contributed by atoms with Crippen molar-refractivity contribution >= 4 is 39.5 Å². The maximum absolute atomic E-state index is 11.8. The minimum absolute atomic E-state index is 0.131. The molecule has 0 saturated carbocycles. The molecule has 0 radical (unpaired) electrons. The van der Waals surface area contributed by atoms with Gasteiger partial charge in [0.15, 0.2) is 12.2 Å². The van der Waals surface area contributed by atoms with Gasteiger partial charge in [0.2, 0.25) is 0 Å². The summed E-state index contributed by atoms with van der Waals surface area (Å²) in [4.78, 5) is 34.9. The van der Waals surface area contributed by atoms with Crippen molar-refractivity contribution in [2.45, 2.75) is 71.3 Å². The average Bonchev–Trinajstić information content (AvgIpc) is 2.64. The van der Waals surface area contributed by atoms with Gasteiger partial charge in [-0.15, -0.1) is 0 Å². The van der Waals surface area contributed by atoms with E-state index in [2.05, 4.69) is 5.32 Å². The Kier molecular flexibility index (Phi) is 12.2. The molecule has 9 nitrogen and oxygen atoms in total. The van der Waals surface area contributed by atoms with E-state index in [9.17, 15) is 14.4 Å². The Balaban J connectivity index is 3.16. The molecule has 172 valence electrons. The van der Waals surface area contributed by atoms with Crippen LogP contribution in [0.25, 0.3) is 0 Å². The summed E-state index contributed by atoms with van der Waals surface area (Å²) in [5.74, 6) is -0.769. The number of ether oxygens (including phenoxy) is 5. The molecular weight excluding hydrogens is 434 g/mol. The van der Waals surface area contributed by atoms with Gasteiger partial charge >= 0.3 is 17.9 Å². The Hall–Kier alpha value is -1.43. The van der Waals surface area contributed by atoms with Crippen LogP contribution >= 0.6 is 21.6 Å². The van der Waals surface area contributed by atoms with Gasteiger partial charge in [0, 0.05) is 26.5 Å². The monoisotopic (exact) mass is 465 g/mol. The molecule has 1 heterocycles. The average molecular weight is 466 g/mol. The Bertz CT molecular complexity index is 611. The lowest BCUT2D eigenvalue weighted by Crippen LogP contribution is -2.64. The Morgan fingerprint density at radius 1 is 1.00 bits per heavy atom. The van der Waals surface area contributed by atoms with Crippen LogP contribution in [-0.2, 0) is 38.1 Å². The molecule has 1 aliphatic heterocycles. The van der Waals surface area contributed by atoms with Gasteiger partial charge in [-0.3, -0.25) is 19.7 Å². The molecule has 30 heavy (non-hydrogen) atoms. The number of carbonyl (C=O) groups excluding carboxylic acids is 3. The van der Waals surface area contributed by atoms with E-state index in [-0.39, 0.29) is 13.3 Å². The molecule has 0 aromatic carbocycles. The number of esters is 3. The molecule has 0 aromatic rings. The van der Waals surface area contributed by atoms with Crippen LogP contribution in [0.1, 0.15) is 41.5 Å². The van der Waals surface area contributed by atoms with Crippen molar-refractivity contribution in [3.8, 4) is 0 Å². The van der Waals surface area contributed by atoms with Crippen LogP contribution in [0.3, 0.4) is 0 Å². The van der Waals surface area contributed by atoms with E-state index in [0.717, 1.165) is 11.3 Å². The molecular formula is C19H31NO8S2.